The number of para-hydroxylation sites is 1. The summed E-state index contributed by atoms with van der Waals surface area (Å²) in [4.78, 5) is 14.3. The Bertz CT molecular complexity index is 463. The summed E-state index contributed by atoms with van der Waals surface area (Å²) in [5.41, 5.74) is 0.298. The Morgan fingerprint density at radius 1 is 1.23 bits per heavy atom. The molecule has 0 radical (unpaired) electrons. The summed E-state index contributed by atoms with van der Waals surface area (Å²) in [6, 6.07) is 9.92. The maximum absolute atomic E-state index is 12.4. The summed E-state index contributed by atoms with van der Waals surface area (Å²) in [6.45, 7) is 5.97. The quantitative estimate of drug-likeness (QED) is 0.849. The van der Waals surface area contributed by atoms with Gasteiger partial charge in [-0.3, -0.25) is 4.79 Å². The Morgan fingerprint density at radius 3 is 2.36 bits per heavy atom. The molecule has 4 nitrogen and oxygen atoms in total. The van der Waals surface area contributed by atoms with Crippen LogP contribution >= 0.6 is 0 Å². The number of nitrogens with zero attached hydrogens (tertiary/aromatic N) is 1. The van der Waals surface area contributed by atoms with Crippen molar-refractivity contribution in [3.05, 3.63) is 30.3 Å². The maximum Gasteiger partial charge on any atom is 0.225 e. The first-order valence-corrected chi connectivity index (χ1v) is 8.38. The smallest absolute Gasteiger partial charge is 0.225 e. The van der Waals surface area contributed by atoms with E-state index in [1.54, 1.807) is 0 Å². The highest BCUT2D eigenvalue weighted by molar-refractivity contribution is 5.78. The average molecular weight is 304 g/mol. The van der Waals surface area contributed by atoms with Gasteiger partial charge in [0, 0.05) is 31.2 Å². The number of amides is 1. The summed E-state index contributed by atoms with van der Waals surface area (Å²) in [5, 5.41) is 14.0. The predicted octanol–water partition coefficient (Wildman–Crippen LogP) is 2.89. The van der Waals surface area contributed by atoms with Crippen molar-refractivity contribution in [2.45, 2.75) is 45.1 Å². The van der Waals surface area contributed by atoms with Gasteiger partial charge in [0.1, 0.15) is 0 Å². The number of rotatable bonds is 6. The highest BCUT2D eigenvalue weighted by atomic mass is 16.3. The van der Waals surface area contributed by atoms with Gasteiger partial charge < -0.3 is 15.3 Å². The summed E-state index contributed by atoms with van der Waals surface area (Å²) in [7, 11) is 0. The van der Waals surface area contributed by atoms with Gasteiger partial charge in [-0.1, -0.05) is 32.0 Å². The van der Waals surface area contributed by atoms with E-state index in [9.17, 15) is 9.90 Å². The van der Waals surface area contributed by atoms with Crippen molar-refractivity contribution in [1.29, 1.82) is 0 Å². The first kappa shape index (κ1) is 16.8. The number of nitrogens with one attached hydrogen (secondary N) is 1. The van der Waals surface area contributed by atoms with Gasteiger partial charge in [0.25, 0.3) is 0 Å². The lowest BCUT2D eigenvalue weighted by molar-refractivity contribution is -0.139. The molecular formula is C18H28N2O2. The van der Waals surface area contributed by atoms with E-state index in [2.05, 4.69) is 19.2 Å². The molecule has 0 saturated carbocycles. The molecule has 1 saturated heterocycles. The van der Waals surface area contributed by atoms with Gasteiger partial charge >= 0.3 is 0 Å². The largest absolute Gasteiger partial charge is 0.388 e. The van der Waals surface area contributed by atoms with Crippen molar-refractivity contribution in [2.75, 3.05) is 25.0 Å². The van der Waals surface area contributed by atoms with Crippen LogP contribution in [0.1, 0.15) is 39.5 Å². The fourth-order valence-corrected chi connectivity index (χ4v) is 3.04. The molecule has 1 aliphatic rings. The Kier molecular flexibility index (Phi) is 5.83. The molecule has 2 N–H and O–H groups in total. The molecule has 0 bridgehead atoms. The third-order valence-electron chi connectivity index (χ3n) is 4.74. The van der Waals surface area contributed by atoms with Crippen molar-refractivity contribution in [1.82, 2.24) is 4.90 Å². The van der Waals surface area contributed by atoms with E-state index in [4.69, 9.17) is 0 Å². The molecule has 1 aromatic carbocycles. The Hall–Kier alpha value is -1.55. The number of anilines is 1. The molecule has 2 rings (SSSR count). The van der Waals surface area contributed by atoms with Gasteiger partial charge in [-0.2, -0.15) is 0 Å². The van der Waals surface area contributed by atoms with Gasteiger partial charge in [0.05, 0.1) is 5.60 Å². The number of hydrogen-bond acceptors (Lipinski definition) is 3. The minimum atomic E-state index is -0.722. The van der Waals surface area contributed by atoms with Crippen LogP contribution in [0, 0.1) is 5.92 Å². The molecule has 1 amide bonds. The molecule has 0 aromatic heterocycles. The fraction of sp³-hybridized carbons (Fsp3) is 0.611. The molecule has 0 atom stereocenters. The lowest BCUT2D eigenvalue weighted by Gasteiger charge is -2.39. The Morgan fingerprint density at radius 2 is 1.82 bits per heavy atom. The number of piperidine rings is 1. The molecule has 4 heteroatoms. The van der Waals surface area contributed by atoms with Crippen LogP contribution in [0.4, 0.5) is 5.69 Å². The Balaban J connectivity index is 1.84. The van der Waals surface area contributed by atoms with Crippen LogP contribution in [0.2, 0.25) is 0 Å². The third-order valence-corrected chi connectivity index (χ3v) is 4.74. The molecule has 1 aliphatic heterocycles. The van der Waals surface area contributed by atoms with Gasteiger partial charge in [-0.05, 0) is 37.8 Å². The minimum absolute atomic E-state index is 0.133. The average Bonchev–Trinajstić information content (AvgIpc) is 2.56. The topological polar surface area (TPSA) is 52.6 Å². The van der Waals surface area contributed by atoms with Crippen molar-refractivity contribution in [3.63, 3.8) is 0 Å². The van der Waals surface area contributed by atoms with E-state index >= 15 is 0 Å². The van der Waals surface area contributed by atoms with Crippen LogP contribution in [0.5, 0.6) is 0 Å². The lowest BCUT2D eigenvalue weighted by atomic mass is 9.90. The third kappa shape index (κ3) is 4.23. The van der Waals surface area contributed by atoms with Gasteiger partial charge in [-0.25, -0.2) is 0 Å². The molecule has 1 heterocycles. The molecule has 22 heavy (non-hydrogen) atoms. The highest BCUT2D eigenvalue weighted by Gasteiger charge is 2.34. The molecule has 122 valence electrons. The van der Waals surface area contributed by atoms with Gasteiger partial charge in [0.2, 0.25) is 5.91 Å². The monoisotopic (exact) mass is 304 g/mol. The second kappa shape index (κ2) is 7.63. The number of carbonyl (C=O) groups is 1. The van der Waals surface area contributed by atoms with Crippen LogP contribution < -0.4 is 5.32 Å². The van der Waals surface area contributed by atoms with Crippen molar-refractivity contribution in [3.8, 4) is 0 Å². The van der Waals surface area contributed by atoms with Crippen LogP contribution in [0.25, 0.3) is 0 Å². The lowest BCUT2D eigenvalue weighted by Crippen LogP contribution is -2.51. The van der Waals surface area contributed by atoms with Crippen molar-refractivity contribution in [2.24, 2.45) is 5.92 Å². The summed E-state index contributed by atoms with van der Waals surface area (Å²) in [5.74, 6) is 0.386. The van der Waals surface area contributed by atoms with Crippen LogP contribution in [-0.2, 0) is 4.79 Å². The first-order chi connectivity index (χ1) is 10.6. The Labute approximate surface area is 133 Å². The number of benzene rings is 1. The number of carbonyl (C=O) groups excluding carboxylic acids is 1. The van der Waals surface area contributed by atoms with Crippen molar-refractivity contribution >= 4 is 11.6 Å². The van der Waals surface area contributed by atoms with Crippen LogP contribution in [0.3, 0.4) is 0 Å². The van der Waals surface area contributed by atoms with Crippen LogP contribution in [-0.4, -0.2) is 41.1 Å². The first-order valence-electron chi connectivity index (χ1n) is 8.38. The second-order valence-electron chi connectivity index (χ2n) is 6.28. The van der Waals surface area contributed by atoms with E-state index in [0.717, 1.165) is 18.5 Å². The number of hydrogen-bond donors (Lipinski definition) is 2. The fourth-order valence-electron chi connectivity index (χ4n) is 3.04. The van der Waals surface area contributed by atoms with E-state index in [-0.39, 0.29) is 11.8 Å². The summed E-state index contributed by atoms with van der Waals surface area (Å²) in [6.07, 6.45) is 3.06. The zero-order chi connectivity index (χ0) is 16.0. The highest BCUT2D eigenvalue weighted by Crippen LogP contribution is 2.25. The maximum atomic E-state index is 12.4. The number of likely N-dealkylation sites (tertiary alicyclic amines) is 1. The molecule has 0 spiro atoms. The van der Waals surface area contributed by atoms with E-state index < -0.39 is 5.60 Å². The molecular weight excluding hydrogens is 276 g/mol. The standard InChI is InChI=1S/C18H28N2O2/c1-3-15(4-2)17(21)20-12-10-18(22,11-13-20)14-19-16-8-6-5-7-9-16/h5-9,15,19,22H,3-4,10-14H2,1-2H3. The molecule has 1 aromatic rings. The van der Waals surface area contributed by atoms with Crippen LogP contribution in [0.15, 0.2) is 30.3 Å². The summed E-state index contributed by atoms with van der Waals surface area (Å²) < 4.78 is 0. The molecule has 0 aliphatic carbocycles. The number of aliphatic hydroxyl groups is 1. The molecule has 1 fully saturated rings. The van der Waals surface area contributed by atoms with E-state index in [0.29, 0.717) is 32.5 Å². The van der Waals surface area contributed by atoms with E-state index in [1.165, 1.54) is 0 Å². The zero-order valence-electron chi connectivity index (χ0n) is 13.7. The summed E-state index contributed by atoms with van der Waals surface area (Å²) >= 11 is 0. The minimum Gasteiger partial charge on any atom is -0.388 e. The van der Waals surface area contributed by atoms with Crippen molar-refractivity contribution < 1.29 is 9.90 Å². The predicted molar refractivity (Wildman–Crippen MR) is 89.8 cm³/mol. The van der Waals surface area contributed by atoms with Gasteiger partial charge in [-0.15, -0.1) is 0 Å². The normalized spacial score (nSPS) is 17.5. The SMILES string of the molecule is CCC(CC)C(=O)N1CCC(O)(CNc2ccccc2)CC1. The molecule has 0 unspecified atom stereocenters. The zero-order valence-corrected chi connectivity index (χ0v) is 13.7. The van der Waals surface area contributed by atoms with Gasteiger partial charge in [0.15, 0.2) is 0 Å². The van der Waals surface area contributed by atoms with E-state index in [1.807, 2.05) is 35.2 Å². The second-order valence-corrected chi connectivity index (χ2v) is 6.28.